The first-order valence-corrected chi connectivity index (χ1v) is 7.22. The second-order valence-corrected chi connectivity index (χ2v) is 6.22. The minimum absolute atomic E-state index is 0.0616. The molecule has 0 atom stereocenters. The van der Waals surface area contributed by atoms with Gasteiger partial charge in [0.2, 0.25) is 5.91 Å². The van der Waals surface area contributed by atoms with E-state index >= 15 is 0 Å². The molecular weight excluding hydrogens is 268 g/mol. The van der Waals surface area contributed by atoms with E-state index in [2.05, 4.69) is 10.6 Å². The molecule has 1 aromatic rings. The van der Waals surface area contributed by atoms with E-state index in [9.17, 15) is 9.59 Å². The third-order valence-electron chi connectivity index (χ3n) is 3.15. The molecule has 0 fully saturated rings. The van der Waals surface area contributed by atoms with Gasteiger partial charge in [-0.3, -0.25) is 4.79 Å². The molecular formula is C16H22N2O3. The Labute approximate surface area is 125 Å². The van der Waals surface area contributed by atoms with Gasteiger partial charge < -0.3 is 15.4 Å². The molecule has 0 aromatic heterocycles. The maximum Gasteiger partial charge on any atom is 0.407 e. The topological polar surface area (TPSA) is 67.4 Å². The first-order chi connectivity index (χ1) is 9.83. The zero-order valence-electron chi connectivity index (χ0n) is 12.8. The summed E-state index contributed by atoms with van der Waals surface area (Å²) in [5.74, 6) is 0.0616. The molecule has 1 heterocycles. The predicted molar refractivity (Wildman–Crippen MR) is 81.3 cm³/mol. The number of fused-ring (bicyclic) bond motifs is 1. The van der Waals surface area contributed by atoms with E-state index in [-0.39, 0.29) is 5.91 Å². The molecule has 0 saturated heterocycles. The summed E-state index contributed by atoms with van der Waals surface area (Å²) in [6.45, 7) is 6.00. The van der Waals surface area contributed by atoms with Crippen LogP contribution in [0.15, 0.2) is 18.2 Å². The van der Waals surface area contributed by atoms with Crippen molar-refractivity contribution in [1.29, 1.82) is 0 Å². The van der Waals surface area contributed by atoms with Gasteiger partial charge in [0, 0.05) is 18.7 Å². The van der Waals surface area contributed by atoms with E-state index in [4.69, 9.17) is 4.74 Å². The van der Waals surface area contributed by atoms with Crippen LogP contribution in [0.25, 0.3) is 0 Å². The lowest BCUT2D eigenvalue weighted by molar-refractivity contribution is -0.116. The average Bonchev–Trinajstić information content (AvgIpc) is 2.36. The zero-order valence-corrected chi connectivity index (χ0v) is 12.8. The van der Waals surface area contributed by atoms with Crippen molar-refractivity contribution in [3.8, 4) is 0 Å². The van der Waals surface area contributed by atoms with Crippen LogP contribution >= 0.6 is 0 Å². The number of ether oxygens (including phenoxy) is 1. The Morgan fingerprint density at radius 2 is 2.10 bits per heavy atom. The monoisotopic (exact) mass is 290 g/mol. The lowest BCUT2D eigenvalue weighted by Gasteiger charge is -2.20. The van der Waals surface area contributed by atoms with Crippen LogP contribution < -0.4 is 10.6 Å². The van der Waals surface area contributed by atoms with Crippen molar-refractivity contribution in [3.05, 3.63) is 29.3 Å². The fraction of sp³-hybridized carbons (Fsp3) is 0.500. The zero-order chi connectivity index (χ0) is 15.5. The van der Waals surface area contributed by atoms with Crippen molar-refractivity contribution in [2.45, 2.75) is 45.6 Å². The summed E-state index contributed by atoms with van der Waals surface area (Å²) >= 11 is 0. The second kappa shape index (κ2) is 6.16. The van der Waals surface area contributed by atoms with Crippen LogP contribution in [0, 0.1) is 0 Å². The van der Waals surface area contributed by atoms with E-state index in [0.29, 0.717) is 19.4 Å². The number of amides is 2. The van der Waals surface area contributed by atoms with E-state index in [0.717, 1.165) is 17.7 Å². The van der Waals surface area contributed by atoms with Gasteiger partial charge in [0.1, 0.15) is 5.60 Å². The Morgan fingerprint density at radius 3 is 2.81 bits per heavy atom. The molecule has 1 aliphatic rings. The van der Waals surface area contributed by atoms with Gasteiger partial charge in [-0.25, -0.2) is 4.79 Å². The summed E-state index contributed by atoms with van der Waals surface area (Å²) in [5, 5.41) is 5.61. The van der Waals surface area contributed by atoms with Crippen molar-refractivity contribution in [2.24, 2.45) is 0 Å². The highest BCUT2D eigenvalue weighted by atomic mass is 16.6. The summed E-state index contributed by atoms with van der Waals surface area (Å²) in [6.07, 6.45) is 1.63. The fourth-order valence-electron chi connectivity index (χ4n) is 2.20. The number of nitrogens with one attached hydrogen (secondary N) is 2. The third-order valence-corrected chi connectivity index (χ3v) is 3.15. The maximum absolute atomic E-state index is 11.5. The Kier molecular flexibility index (Phi) is 4.50. The van der Waals surface area contributed by atoms with Gasteiger partial charge in [0.25, 0.3) is 0 Å². The highest BCUT2D eigenvalue weighted by Crippen LogP contribution is 2.23. The molecule has 0 bridgehead atoms. The molecule has 2 rings (SSSR count). The first-order valence-electron chi connectivity index (χ1n) is 7.22. The number of hydrogen-bond donors (Lipinski definition) is 2. The number of anilines is 1. The van der Waals surface area contributed by atoms with Crippen LogP contribution in [-0.2, 0) is 22.4 Å². The van der Waals surface area contributed by atoms with Crippen molar-refractivity contribution < 1.29 is 14.3 Å². The van der Waals surface area contributed by atoms with Gasteiger partial charge in [0.15, 0.2) is 0 Å². The number of carbonyl (C=O) groups is 2. The normalized spacial score (nSPS) is 14.1. The Morgan fingerprint density at radius 1 is 1.33 bits per heavy atom. The summed E-state index contributed by atoms with van der Waals surface area (Å²) in [6, 6.07) is 6.05. The van der Waals surface area contributed by atoms with Crippen molar-refractivity contribution >= 4 is 17.7 Å². The number of rotatable bonds is 3. The van der Waals surface area contributed by atoms with E-state index in [1.807, 2.05) is 39.0 Å². The second-order valence-electron chi connectivity index (χ2n) is 6.22. The van der Waals surface area contributed by atoms with Gasteiger partial charge >= 0.3 is 6.09 Å². The van der Waals surface area contributed by atoms with Crippen LogP contribution in [0.2, 0.25) is 0 Å². The quantitative estimate of drug-likeness (QED) is 0.899. The van der Waals surface area contributed by atoms with Crippen LogP contribution in [0.5, 0.6) is 0 Å². The van der Waals surface area contributed by atoms with Crippen molar-refractivity contribution in [3.63, 3.8) is 0 Å². The van der Waals surface area contributed by atoms with Crippen LogP contribution in [0.3, 0.4) is 0 Å². The predicted octanol–water partition coefficient (Wildman–Crippen LogP) is 2.64. The smallest absolute Gasteiger partial charge is 0.407 e. The third kappa shape index (κ3) is 4.77. The summed E-state index contributed by atoms with van der Waals surface area (Å²) < 4.78 is 5.17. The lowest BCUT2D eigenvalue weighted by Crippen LogP contribution is -2.33. The molecule has 0 aliphatic carbocycles. The van der Waals surface area contributed by atoms with Crippen molar-refractivity contribution in [2.75, 3.05) is 11.9 Å². The van der Waals surface area contributed by atoms with Gasteiger partial charge in [0.05, 0.1) is 0 Å². The largest absolute Gasteiger partial charge is 0.444 e. The molecule has 0 unspecified atom stereocenters. The highest BCUT2D eigenvalue weighted by Gasteiger charge is 2.16. The molecule has 2 amide bonds. The summed E-state index contributed by atoms with van der Waals surface area (Å²) in [4.78, 5) is 22.9. The fourth-order valence-corrected chi connectivity index (χ4v) is 2.20. The highest BCUT2D eigenvalue weighted by molar-refractivity contribution is 5.93. The molecule has 5 heteroatoms. The van der Waals surface area contributed by atoms with Gasteiger partial charge in [-0.1, -0.05) is 12.1 Å². The maximum atomic E-state index is 11.5. The number of carbonyl (C=O) groups excluding carboxylic acids is 2. The van der Waals surface area contributed by atoms with Crippen molar-refractivity contribution in [1.82, 2.24) is 5.32 Å². The molecule has 1 aromatic carbocycles. The van der Waals surface area contributed by atoms with Gasteiger partial charge in [-0.15, -0.1) is 0 Å². The molecule has 0 radical (unpaired) electrons. The number of alkyl carbamates (subject to hydrolysis) is 1. The van der Waals surface area contributed by atoms with Gasteiger partial charge in [-0.05, 0) is 50.8 Å². The summed E-state index contributed by atoms with van der Waals surface area (Å²) in [5.41, 5.74) is 2.65. The molecule has 1 aliphatic heterocycles. The molecule has 21 heavy (non-hydrogen) atoms. The average molecular weight is 290 g/mol. The van der Waals surface area contributed by atoms with E-state index < -0.39 is 11.7 Å². The standard InChI is InChI=1S/C16H22N2O3/c1-16(2,3)21-15(20)17-9-8-11-4-5-12-6-7-14(19)18-13(12)10-11/h4-5,10H,6-9H2,1-3H3,(H,17,20)(H,18,19). The molecule has 0 saturated carbocycles. The number of benzene rings is 1. The first kappa shape index (κ1) is 15.4. The van der Waals surface area contributed by atoms with Crippen LogP contribution in [0.1, 0.15) is 38.3 Å². The molecule has 2 N–H and O–H groups in total. The Hall–Kier alpha value is -2.04. The summed E-state index contributed by atoms with van der Waals surface area (Å²) in [7, 11) is 0. The molecule has 5 nitrogen and oxygen atoms in total. The Bertz CT molecular complexity index is 547. The number of hydrogen-bond acceptors (Lipinski definition) is 3. The van der Waals surface area contributed by atoms with E-state index in [1.54, 1.807) is 0 Å². The van der Waals surface area contributed by atoms with Crippen LogP contribution in [0.4, 0.5) is 10.5 Å². The molecule has 0 spiro atoms. The SMILES string of the molecule is CC(C)(C)OC(=O)NCCc1ccc2c(c1)NC(=O)CC2. The molecule has 114 valence electrons. The lowest BCUT2D eigenvalue weighted by atomic mass is 10.00. The number of aryl methyl sites for hydroxylation is 1. The van der Waals surface area contributed by atoms with Gasteiger partial charge in [-0.2, -0.15) is 0 Å². The minimum atomic E-state index is -0.486. The minimum Gasteiger partial charge on any atom is -0.444 e. The van der Waals surface area contributed by atoms with E-state index in [1.165, 1.54) is 5.56 Å². The Balaban J connectivity index is 1.85. The van der Waals surface area contributed by atoms with Crippen LogP contribution in [-0.4, -0.2) is 24.1 Å².